The second-order valence-corrected chi connectivity index (χ2v) is 3.02. The van der Waals surface area contributed by atoms with Gasteiger partial charge < -0.3 is 11.1 Å². The van der Waals surface area contributed by atoms with Gasteiger partial charge in [-0.1, -0.05) is 0 Å². The predicted molar refractivity (Wildman–Crippen MR) is 49.0 cm³/mol. The van der Waals surface area contributed by atoms with Crippen molar-refractivity contribution in [2.45, 2.75) is 12.8 Å². The summed E-state index contributed by atoms with van der Waals surface area (Å²) in [5.74, 6) is -0.568. The molecule has 3 N–H and O–H groups in total. The van der Waals surface area contributed by atoms with E-state index < -0.39 is 0 Å². The van der Waals surface area contributed by atoms with Crippen molar-refractivity contribution in [2.75, 3.05) is 26.2 Å². The van der Waals surface area contributed by atoms with Crippen molar-refractivity contribution in [3.8, 4) is 0 Å². The van der Waals surface area contributed by atoms with E-state index in [0.29, 0.717) is 13.2 Å². The maximum absolute atomic E-state index is 11.4. The van der Waals surface area contributed by atoms with E-state index in [9.17, 15) is 9.59 Å². The van der Waals surface area contributed by atoms with Crippen LogP contribution in [0.15, 0.2) is 0 Å². The SMILES string of the molecule is NCC(=O)NCC(=O)N1CCCCO1. The largest absolute Gasteiger partial charge is 0.346 e. The van der Waals surface area contributed by atoms with Crippen molar-refractivity contribution < 1.29 is 14.4 Å². The Hall–Kier alpha value is -1.14. The van der Waals surface area contributed by atoms with Crippen LogP contribution in [0.5, 0.6) is 0 Å². The molecule has 0 unspecified atom stereocenters. The number of hydrogen-bond acceptors (Lipinski definition) is 4. The molecule has 0 bridgehead atoms. The molecule has 1 heterocycles. The highest BCUT2D eigenvalue weighted by Gasteiger charge is 2.17. The van der Waals surface area contributed by atoms with E-state index in [0.717, 1.165) is 12.8 Å². The van der Waals surface area contributed by atoms with Crippen molar-refractivity contribution in [3.63, 3.8) is 0 Å². The van der Waals surface area contributed by atoms with Gasteiger partial charge in [0.1, 0.15) is 0 Å². The summed E-state index contributed by atoms with van der Waals surface area (Å²) in [6.45, 7) is 1.01. The van der Waals surface area contributed by atoms with Gasteiger partial charge in [0.2, 0.25) is 5.91 Å². The van der Waals surface area contributed by atoms with Gasteiger partial charge in [0.05, 0.1) is 19.7 Å². The van der Waals surface area contributed by atoms with E-state index in [4.69, 9.17) is 10.6 Å². The van der Waals surface area contributed by atoms with Crippen LogP contribution >= 0.6 is 0 Å². The molecule has 0 aromatic rings. The van der Waals surface area contributed by atoms with E-state index in [1.54, 1.807) is 0 Å². The van der Waals surface area contributed by atoms with E-state index in [2.05, 4.69) is 5.32 Å². The van der Waals surface area contributed by atoms with Crippen LogP contribution in [0.1, 0.15) is 12.8 Å². The zero-order chi connectivity index (χ0) is 10.4. The van der Waals surface area contributed by atoms with Gasteiger partial charge in [0.15, 0.2) is 0 Å². The van der Waals surface area contributed by atoms with Gasteiger partial charge in [-0.3, -0.25) is 14.4 Å². The van der Waals surface area contributed by atoms with Crippen molar-refractivity contribution in [1.82, 2.24) is 10.4 Å². The van der Waals surface area contributed by atoms with Crippen LogP contribution in [-0.2, 0) is 14.4 Å². The summed E-state index contributed by atoms with van der Waals surface area (Å²) < 4.78 is 0. The third kappa shape index (κ3) is 3.31. The highest BCUT2D eigenvalue weighted by Crippen LogP contribution is 2.05. The number of nitrogens with one attached hydrogen (secondary N) is 1. The van der Waals surface area contributed by atoms with Gasteiger partial charge in [-0.05, 0) is 12.8 Å². The lowest BCUT2D eigenvalue weighted by atomic mass is 10.3. The van der Waals surface area contributed by atoms with Crippen LogP contribution in [0.4, 0.5) is 0 Å². The summed E-state index contributed by atoms with van der Waals surface area (Å²) in [6, 6.07) is 0. The first-order valence-electron chi connectivity index (χ1n) is 4.64. The average Bonchev–Trinajstić information content (AvgIpc) is 2.26. The molecule has 1 aliphatic heterocycles. The summed E-state index contributed by atoms with van der Waals surface area (Å²) in [7, 11) is 0. The van der Waals surface area contributed by atoms with Crippen molar-refractivity contribution in [1.29, 1.82) is 0 Å². The molecule has 6 heteroatoms. The third-order valence-electron chi connectivity index (χ3n) is 1.90. The van der Waals surface area contributed by atoms with Crippen molar-refractivity contribution in [3.05, 3.63) is 0 Å². The minimum Gasteiger partial charge on any atom is -0.346 e. The molecule has 14 heavy (non-hydrogen) atoms. The van der Waals surface area contributed by atoms with Crippen LogP contribution < -0.4 is 11.1 Å². The monoisotopic (exact) mass is 201 g/mol. The topological polar surface area (TPSA) is 84.7 Å². The van der Waals surface area contributed by atoms with E-state index in [-0.39, 0.29) is 24.9 Å². The molecule has 0 saturated carbocycles. The van der Waals surface area contributed by atoms with Gasteiger partial charge in [-0.25, -0.2) is 5.06 Å². The molecule has 1 fully saturated rings. The lowest BCUT2D eigenvalue weighted by Crippen LogP contribution is -2.43. The number of carbonyl (C=O) groups excluding carboxylic acids is 2. The molecule has 0 aliphatic carbocycles. The first kappa shape index (κ1) is 10.9. The normalized spacial score (nSPS) is 16.5. The van der Waals surface area contributed by atoms with Crippen LogP contribution in [-0.4, -0.2) is 43.1 Å². The third-order valence-corrected chi connectivity index (χ3v) is 1.90. The van der Waals surface area contributed by atoms with Gasteiger partial charge >= 0.3 is 0 Å². The second-order valence-electron chi connectivity index (χ2n) is 3.02. The molecule has 6 nitrogen and oxygen atoms in total. The first-order valence-corrected chi connectivity index (χ1v) is 4.64. The smallest absolute Gasteiger partial charge is 0.265 e. The number of amides is 2. The first-order chi connectivity index (χ1) is 6.74. The Balaban J connectivity index is 2.23. The van der Waals surface area contributed by atoms with Crippen molar-refractivity contribution in [2.24, 2.45) is 5.73 Å². The van der Waals surface area contributed by atoms with Crippen LogP contribution in [0.25, 0.3) is 0 Å². The predicted octanol–water partition coefficient (Wildman–Crippen LogP) is -1.38. The standard InChI is InChI=1S/C8H15N3O3/c9-5-7(12)10-6-8(13)11-3-1-2-4-14-11/h1-6,9H2,(H,10,12). The zero-order valence-corrected chi connectivity index (χ0v) is 7.99. The summed E-state index contributed by atoms with van der Waals surface area (Å²) >= 11 is 0. The number of hydrogen-bond donors (Lipinski definition) is 2. The number of carbonyl (C=O) groups is 2. The van der Waals surface area contributed by atoms with Crippen LogP contribution in [0.2, 0.25) is 0 Å². The van der Waals surface area contributed by atoms with E-state index in [1.165, 1.54) is 5.06 Å². The maximum Gasteiger partial charge on any atom is 0.265 e. The quantitative estimate of drug-likeness (QED) is 0.589. The molecule has 1 rings (SSSR count). The molecular weight excluding hydrogens is 186 g/mol. The molecule has 0 aromatic carbocycles. The van der Waals surface area contributed by atoms with Crippen molar-refractivity contribution >= 4 is 11.8 Å². The van der Waals surface area contributed by atoms with Crippen LogP contribution in [0.3, 0.4) is 0 Å². The minimum absolute atomic E-state index is 0.0456. The second kappa shape index (κ2) is 5.56. The fraction of sp³-hybridized carbons (Fsp3) is 0.750. The van der Waals surface area contributed by atoms with Gasteiger partial charge in [-0.2, -0.15) is 0 Å². The molecule has 1 saturated heterocycles. The molecule has 1 aliphatic rings. The highest BCUT2D eigenvalue weighted by atomic mass is 16.7. The lowest BCUT2D eigenvalue weighted by molar-refractivity contribution is -0.196. The Kier molecular flexibility index (Phi) is 4.34. The summed E-state index contributed by atoms with van der Waals surface area (Å²) in [6.07, 6.45) is 1.91. The average molecular weight is 201 g/mol. The Morgan fingerprint density at radius 3 is 2.79 bits per heavy atom. The zero-order valence-electron chi connectivity index (χ0n) is 7.99. The Morgan fingerprint density at radius 2 is 2.21 bits per heavy atom. The fourth-order valence-corrected chi connectivity index (χ4v) is 1.13. The van der Waals surface area contributed by atoms with Crippen LogP contribution in [0, 0.1) is 0 Å². The fourth-order valence-electron chi connectivity index (χ4n) is 1.13. The molecule has 80 valence electrons. The molecule has 0 spiro atoms. The molecule has 0 aromatic heterocycles. The van der Waals surface area contributed by atoms with Gasteiger partial charge in [0, 0.05) is 6.54 Å². The highest BCUT2D eigenvalue weighted by molar-refractivity contribution is 5.85. The Labute approximate surface area is 82.3 Å². The number of rotatable bonds is 3. The number of nitrogens with zero attached hydrogens (tertiary/aromatic N) is 1. The van der Waals surface area contributed by atoms with Gasteiger partial charge in [-0.15, -0.1) is 0 Å². The Bertz CT molecular complexity index is 214. The molecule has 0 atom stereocenters. The Morgan fingerprint density at radius 1 is 1.43 bits per heavy atom. The van der Waals surface area contributed by atoms with E-state index in [1.807, 2.05) is 0 Å². The molecule has 2 amide bonds. The number of nitrogens with two attached hydrogens (primary N) is 1. The van der Waals surface area contributed by atoms with Gasteiger partial charge in [0.25, 0.3) is 5.91 Å². The van der Waals surface area contributed by atoms with E-state index >= 15 is 0 Å². The lowest BCUT2D eigenvalue weighted by Gasteiger charge is -2.25. The maximum atomic E-state index is 11.4. The minimum atomic E-state index is -0.338. The summed E-state index contributed by atoms with van der Waals surface area (Å²) in [5, 5.41) is 3.69. The molecular formula is C8H15N3O3. The summed E-state index contributed by atoms with van der Waals surface area (Å²) in [5.41, 5.74) is 5.07. The number of hydroxylamine groups is 2. The molecule has 0 radical (unpaired) electrons. The summed E-state index contributed by atoms with van der Waals surface area (Å²) in [4.78, 5) is 27.2.